The fourth-order valence-corrected chi connectivity index (χ4v) is 1.76. The highest BCUT2D eigenvalue weighted by molar-refractivity contribution is 6.39. The van der Waals surface area contributed by atoms with Crippen LogP contribution in [0.25, 0.3) is 0 Å². The molecule has 8 heteroatoms. The van der Waals surface area contributed by atoms with Crippen molar-refractivity contribution in [2.24, 2.45) is 5.92 Å². The first-order valence-electron chi connectivity index (χ1n) is 7.01. The SMILES string of the molecule is CC(CO)C(C)NC(=O)C(=O)Nc1ccccc1CC(F)(F)F. The Morgan fingerprint density at radius 3 is 2.35 bits per heavy atom. The first-order chi connectivity index (χ1) is 10.6. The van der Waals surface area contributed by atoms with Crippen LogP contribution in [-0.2, 0) is 16.0 Å². The molecular weight excluding hydrogens is 313 g/mol. The standard InChI is InChI=1S/C15H19F3N2O3/c1-9(8-21)10(2)19-13(22)14(23)20-12-6-4-3-5-11(12)7-15(16,17)18/h3-6,9-10,21H,7-8H2,1-2H3,(H,19,22)(H,20,23). The Morgan fingerprint density at radius 2 is 1.78 bits per heavy atom. The molecule has 0 aliphatic rings. The molecule has 0 saturated carbocycles. The first-order valence-corrected chi connectivity index (χ1v) is 7.01. The summed E-state index contributed by atoms with van der Waals surface area (Å²) in [5.74, 6) is -2.29. The van der Waals surface area contributed by atoms with E-state index >= 15 is 0 Å². The van der Waals surface area contributed by atoms with Crippen molar-refractivity contribution in [1.82, 2.24) is 5.32 Å². The second-order valence-electron chi connectivity index (χ2n) is 5.33. The van der Waals surface area contributed by atoms with Gasteiger partial charge in [-0.1, -0.05) is 25.1 Å². The maximum absolute atomic E-state index is 12.5. The fourth-order valence-electron chi connectivity index (χ4n) is 1.76. The first kappa shape index (κ1) is 19.0. The zero-order valence-electron chi connectivity index (χ0n) is 12.8. The van der Waals surface area contributed by atoms with Crippen LogP contribution < -0.4 is 10.6 Å². The molecule has 2 unspecified atom stereocenters. The van der Waals surface area contributed by atoms with Crippen molar-refractivity contribution < 1.29 is 27.9 Å². The van der Waals surface area contributed by atoms with Gasteiger partial charge in [-0.2, -0.15) is 13.2 Å². The van der Waals surface area contributed by atoms with Gasteiger partial charge < -0.3 is 15.7 Å². The third-order valence-corrected chi connectivity index (χ3v) is 3.36. The number of benzene rings is 1. The molecule has 0 bridgehead atoms. The molecule has 0 radical (unpaired) electrons. The van der Waals surface area contributed by atoms with Crippen LogP contribution in [0.4, 0.5) is 18.9 Å². The molecule has 3 N–H and O–H groups in total. The predicted molar refractivity (Wildman–Crippen MR) is 78.7 cm³/mol. The maximum Gasteiger partial charge on any atom is 0.393 e. The summed E-state index contributed by atoms with van der Waals surface area (Å²) >= 11 is 0. The van der Waals surface area contributed by atoms with Gasteiger partial charge in [0.05, 0.1) is 6.42 Å². The summed E-state index contributed by atoms with van der Waals surface area (Å²) < 4.78 is 37.5. The van der Waals surface area contributed by atoms with Crippen molar-refractivity contribution in [2.75, 3.05) is 11.9 Å². The van der Waals surface area contributed by atoms with Gasteiger partial charge in [0.15, 0.2) is 0 Å². The number of hydrogen-bond acceptors (Lipinski definition) is 3. The van der Waals surface area contributed by atoms with Crippen molar-refractivity contribution >= 4 is 17.5 Å². The molecule has 0 spiro atoms. The van der Waals surface area contributed by atoms with Gasteiger partial charge in [0.1, 0.15) is 0 Å². The predicted octanol–water partition coefficient (Wildman–Crippen LogP) is 1.86. The summed E-state index contributed by atoms with van der Waals surface area (Å²) in [7, 11) is 0. The van der Waals surface area contributed by atoms with E-state index in [9.17, 15) is 22.8 Å². The van der Waals surface area contributed by atoms with E-state index in [1.54, 1.807) is 13.8 Å². The van der Waals surface area contributed by atoms with Crippen molar-refractivity contribution in [3.63, 3.8) is 0 Å². The second-order valence-corrected chi connectivity index (χ2v) is 5.33. The smallest absolute Gasteiger partial charge is 0.393 e. The van der Waals surface area contributed by atoms with E-state index in [2.05, 4.69) is 10.6 Å². The lowest BCUT2D eigenvalue weighted by Crippen LogP contribution is -2.44. The molecule has 0 fully saturated rings. The van der Waals surface area contributed by atoms with Gasteiger partial charge in [-0.15, -0.1) is 0 Å². The number of carbonyl (C=O) groups excluding carboxylic acids is 2. The molecule has 1 aromatic carbocycles. The highest BCUT2D eigenvalue weighted by Crippen LogP contribution is 2.25. The Morgan fingerprint density at radius 1 is 1.17 bits per heavy atom. The van der Waals surface area contributed by atoms with Crippen molar-refractivity contribution in [3.05, 3.63) is 29.8 Å². The van der Waals surface area contributed by atoms with E-state index in [1.165, 1.54) is 24.3 Å². The Bertz CT molecular complexity index is 561. The summed E-state index contributed by atoms with van der Waals surface area (Å²) in [6.07, 6.45) is -5.63. The fraction of sp³-hybridized carbons (Fsp3) is 0.467. The van der Waals surface area contributed by atoms with E-state index in [0.29, 0.717) is 0 Å². The van der Waals surface area contributed by atoms with Crippen LogP contribution in [0.15, 0.2) is 24.3 Å². The maximum atomic E-state index is 12.5. The summed E-state index contributed by atoms with van der Waals surface area (Å²) in [4.78, 5) is 23.6. The number of hydrogen-bond donors (Lipinski definition) is 3. The van der Waals surface area contributed by atoms with Gasteiger partial charge in [0.2, 0.25) is 0 Å². The average Bonchev–Trinajstić information content (AvgIpc) is 2.46. The van der Waals surface area contributed by atoms with E-state index in [1.807, 2.05) is 0 Å². The van der Waals surface area contributed by atoms with Crippen LogP contribution in [-0.4, -0.2) is 35.7 Å². The lowest BCUT2D eigenvalue weighted by Gasteiger charge is -2.19. The zero-order chi connectivity index (χ0) is 17.6. The number of amides is 2. The van der Waals surface area contributed by atoms with Gasteiger partial charge in [-0.3, -0.25) is 9.59 Å². The number of carbonyl (C=O) groups is 2. The van der Waals surface area contributed by atoms with Crippen LogP contribution >= 0.6 is 0 Å². The van der Waals surface area contributed by atoms with Crippen molar-refractivity contribution in [3.8, 4) is 0 Å². The van der Waals surface area contributed by atoms with Gasteiger partial charge >= 0.3 is 18.0 Å². The number of para-hydroxylation sites is 1. The van der Waals surface area contributed by atoms with Crippen LogP contribution in [0.1, 0.15) is 19.4 Å². The largest absolute Gasteiger partial charge is 0.396 e. The number of aliphatic hydroxyl groups excluding tert-OH is 1. The normalized spacial score (nSPS) is 14.0. The minimum atomic E-state index is -4.42. The van der Waals surface area contributed by atoms with Crippen LogP contribution in [0.3, 0.4) is 0 Å². The van der Waals surface area contributed by atoms with Crippen LogP contribution in [0.5, 0.6) is 0 Å². The summed E-state index contributed by atoms with van der Waals surface area (Å²) in [5.41, 5.74) is -0.189. The highest BCUT2D eigenvalue weighted by atomic mass is 19.4. The minimum absolute atomic E-state index is 0.0622. The molecule has 0 heterocycles. The molecule has 0 aliphatic heterocycles. The van der Waals surface area contributed by atoms with Crippen LogP contribution in [0, 0.1) is 5.92 Å². The molecule has 0 saturated heterocycles. The minimum Gasteiger partial charge on any atom is -0.396 e. The molecule has 0 aliphatic carbocycles. The van der Waals surface area contributed by atoms with E-state index in [-0.39, 0.29) is 23.8 Å². The highest BCUT2D eigenvalue weighted by Gasteiger charge is 2.29. The van der Waals surface area contributed by atoms with E-state index in [4.69, 9.17) is 5.11 Å². The molecule has 23 heavy (non-hydrogen) atoms. The number of halogens is 3. The number of alkyl halides is 3. The Labute approximate surface area is 131 Å². The molecule has 1 aromatic rings. The van der Waals surface area contributed by atoms with Crippen molar-refractivity contribution in [1.29, 1.82) is 0 Å². The van der Waals surface area contributed by atoms with Crippen molar-refractivity contribution in [2.45, 2.75) is 32.5 Å². The monoisotopic (exact) mass is 332 g/mol. The lowest BCUT2D eigenvalue weighted by molar-refractivity contribution is -0.136. The van der Waals surface area contributed by atoms with Gasteiger partial charge in [-0.05, 0) is 24.5 Å². The number of nitrogens with one attached hydrogen (secondary N) is 2. The van der Waals surface area contributed by atoms with Gasteiger partial charge in [0, 0.05) is 18.3 Å². The third-order valence-electron chi connectivity index (χ3n) is 3.36. The molecule has 5 nitrogen and oxygen atoms in total. The number of anilines is 1. The number of aliphatic hydroxyl groups is 1. The summed E-state index contributed by atoms with van der Waals surface area (Å²) in [6, 6.07) is 4.96. The van der Waals surface area contributed by atoms with Gasteiger partial charge in [0.25, 0.3) is 0 Å². The van der Waals surface area contributed by atoms with Gasteiger partial charge in [-0.25, -0.2) is 0 Å². The average molecular weight is 332 g/mol. The molecule has 2 amide bonds. The Kier molecular flexibility index (Phi) is 6.56. The zero-order valence-corrected chi connectivity index (χ0v) is 12.8. The number of rotatable bonds is 5. The molecular formula is C15H19F3N2O3. The Balaban J connectivity index is 2.76. The summed E-state index contributed by atoms with van der Waals surface area (Å²) in [5, 5.41) is 13.5. The summed E-state index contributed by atoms with van der Waals surface area (Å²) in [6.45, 7) is 3.13. The van der Waals surface area contributed by atoms with E-state index < -0.39 is 30.5 Å². The second kappa shape index (κ2) is 7.96. The molecule has 128 valence electrons. The molecule has 1 rings (SSSR count). The molecule has 0 aromatic heterocycles. The van der Waals surface area contributed by atoms with E-state index in [0.717, 1.165) is 0 Å². The lowest BCUT2D eigenvalue weighted by atomic mass is 10.1. The quantitative estimate of drug-likeness (QED) is 0.720. The Hall–Kier alpha value is -2.09. The third kappa shape index (κ3) is 6.27. The topological polar surface area (TPSA) is 78.4 Å². The molecule has 2 atom stereocenters. The van der Waals surface area contributed by atoms with Crippen LogP contribution in [0.2, 0.25) is 0 Å².